The Morgan fingerprint density at radius 3 is 2.68 bits per heavy atom. The molecule has 0 aliphatic carbocycles. The first-order valence-electron chi connectivity index (χ1n) is 9.02. The highest BCUT2D eigenvalue weighted by Gasteiger charge is 2.09. The van der Waals surface area contributed by atoms with Gasteiger partial charge in [0.15, 0.2) is 0 Å². The molecule has 0 unspecified atom stereocenters. The molecule has 3 aromatic carbocycles. The van der Waals surface area contributed by atoms with Crippen molar-refractivity contribution in [2.24, 2.45) is 0 Å². The van der Waals surface area contributed by atoms with Crippen molar-refractivity contribution in [3.63, 3.8) is 0 Å². The SMILES string of the molecule is Cc1nc2ccc(NC(=O)CCNC(=O)c3ccc4ccccc4c3)cc2s1. The molecule has 0 aliphatic rings. The Morgan fingerprint density at radius 1 is 1.00 bits per heavy atom. The van der Waals surface area contributed by atoms with Crippen LogP contribution in [0.15, 0.2) is 60.7 Å². The first-order valence-corrected chi connectivity index (χ1v) is 9.84. The number of hydrogen-bond donors (Lipinski definition) is 2. The van der Waals surface area contributed by atoms with Gasteiger partial charge in [-0.3, -0.25) is 9.59 Å². The minimum Gasteiger partial charge on any atom is -0.352 e. The van der Waals surface area contributed by atoms with Gasteiger partial charge in [0.25, 0.3) is 5.91 Å². The highest BCUT2D eigenvalue weighted by Crippen LogP contribution is 2.24. The molecule has 0 saturated carbocycles. The van der Waals surface area contributed by atoms with E-state index in [9.17, 15) is 9.59 Å². The van der Waals surface area contributed by atoms with E-state index in [-0.39, 0.29) is 24.8 Å². The van der Waals surface area contributed by atoms with Crippen LogP contribution in [-0.4, -0.2) is 23.3 Å². The van der Waals surface area contributed by atoms with Gasteiger partial charge in [0.05, 0.1) is 15.2 Å². The van der Waals surface area contributed by atoms with Gasteiger partial charge in [-0.25, -0.2) is 4.98 Å². The van der Waals surface area contributed by atoms with Crippen LogP contribution in [0.4, 0.5) is 5.69 Å². The molecule has 5 nitrogen and oxygen atoms in total. The second-order valence-corrected chi connectivity index (χ2v) is 7.77. The molecular weight excluding hydrogens is 370 g/mol. The predicted molar refractivity (Wildman–Crippen MR) is 114 cm³/mol. The maximum atomic E-state index is 12.3. The number of benzene rings is 3. The normalized spacial score (nSPS) is 10.9. The third-order valence-corrected chi connectivity index (χ3v) is 5.36. The number of rotatable bonds is 5. The molecule has 2 N–H and O–H groups in total. The number of carbonyl (C=O) groups is 2. The van der Waals surface area contributed by atoms with Gasteiger partial charge in [-0.2, -0.15) is 0 Å². The van der Waals surface area contributed by atoms with Crippen LogP contribution in [0.5, 0.6) is 0 Å². The summed E-state index contributed by atoms with van der Waals surface area (Å²) in [5.41, 5.74) is 2.26. The number of fused-ring (bicyclic) bond motifs is 2. The van der Waals surface area contributed by atoms with Gasteiger partial charge in [0.2, 0.25) is 5.91 Å². The number of amides is 2. The lowest BCUT2D eigenvalue weighted by molar-refractivity contribution is -0.116. The molecule has 1 aromatic heterocycles. The number of anilines is 1. The van der Waals surface area contributed by atoms with Crippen LogP contribution >= 0.6 is 11.3 Å². The Balaban J connectivity index is 1.31. The summed E-state index contributed by atoms with van der Waals surface area (Å²) in [5, 5.41) is 8.78. The second kappa shape index (κ2) is 7.78. The number of hydrogen-bond acceptors (Lipinski definition) is 4. The summed E-state index contributed by atoms with van der Waals surface area (Å²) in [4.78, 5) is 28.9. The number of nitrogens with zero attached hydrogens (tertiary/aromatic N) is 1. The predicted octanol–water partition coefficient (Wildman–Crippen LogP) is 4.52. The molecule has 4 rings (SSSR count). The Kier molecular flexibility index (Phi) is 5.04. The van der Waals surface area contributed by atoms with Crippen LogP contribution in [0.2, 0.25) is 0 Å². The van der Waals surface area contributed by atoms with Crippen LogP contribution in [0.1, 0.15) is 21.8 Å². The van der Waals surface area contributed by atoms with E-state index in [1.54, 1.807) is 17.4 Å². The zero-order chi connectivity index (χ0) is 19.5. The highest BCUT2D eigenvalue weighted by molar-refractivity contribution is 7.18. The Morgan fingerprint density at radius 2 is 1.82 bits per heavy atom. The molecule has 2 amide bonds. The maximum absolute atomic E-state index is 12.3. The molecule has 0 aliphatic heterocycles. The van der Waals surface area contributed by atoms with E-state index in [1.165, 1.54) is 0 Å². The zero-order valence-electron chi connectivity index (χ0n) is 15.4. The number of aryl methyl sites for hydroxylation is 1. The lowest BCUT2D eigenvalue weighted by Gasteiger charge is -2.08. The van der Waals surface area contributed by atoms with Crippen molar-refractivity contribution in [3.8, 4) is 0 Å². The second-order valence-electron chi connectivity index (χ2n) is 6.53. The maximum Gasteiger partial charge on any atom is 0.251 e. The van der Waals surface area contributed by atoms with Crippen molar-refractivity contribution in [3.05, 3.63) is 71.2 Å². The van der Waals surface area contributed by atoms with Crippen molar-refractivity contribution in [2.45, 2.75) is 13.3 Å². The summed E-state index contributed by atoms with van der Waals surface area (Å²) < 4.78 is 1.04. The van der Waals surface area contributed by atoms with E-state index in [0.29, 0.717) is 5.56 Å². The molecule has 28 heavy (non-hydrogen) atoms. The van der Waals surface area contributed by atoms with E-state index >= 15 is 0 Å². The largest absolute Gasteiger partial charge is 0.352 e. The third kappa shape index (κ3) is 4.02. The van der Waals surface area contributed by atoms with Crippen LogP contribution in [0.25, 0.3) is 21.0 Å². The standard InChI is InChI=1S/C22H19N3O2S/c1-14-24-19-9-8-18(13-20(19)28-14)25-21(26)10-11-23-22(27)17-7-6-15-4-2-3-5-16(15)12-17/h2-9,12-13H,10-11H2,1H3,(H,23,27)(H,25,26). The summed E-state index contributed by atoms with van der Waals surface area (Å²) in [6.45, 7) is 2.24. The summed E-state index contributed by atoms with van der Waals surface area (Å²) in [7, 11) is 0. The van der Waals surface area contributed by atoms with Crippen LogP contribution in [0.3, 0.4) is 0 Å². The molecule has 0 spiro atoms. The molecule has 0 bridgehead atoms. The number of aromatic nitrogens is 1. The van der Waals surface area contributed by atoms with E-state index < -0.39 is 0 Å². The number of carbonyl (C=O) groups excluding carboxylic acids is 2. The van der Waals surface area contributed by atoms with Gasteiger partial charge in [-0.1, -0.05) is 30.3 Å². The highest BCUT2D eigenvalue weighted by atomic mass is 32.1. The fraction of sp³-hybridized carbons (Fsp3) is 0.136. The molecule has 0 fully saturated rings. The molecule has 1 heterocycles. The van der Waals surface area contributed by atoms with Gasteiger partial charge < -0.3 is 10.6 Å². The first-order chi connectivity index (χ1) is 13.6. The molecule has 0 radical (unpaired) electrons. The average molecular weight is 389 g/mol. The van der Waals surface area contributed by atoms with Crippen molar-refractivity contribution in [1.82, 2.24) is 10.3 Å². The van der Waals surface area contributed by atoms with Crippen LogP contribution < -0.4 is 10.6 Å². The van der Waals surface area contributed by atoms with E-state index in [0.717, 1.165) is 31.7 Å². The Bertz CT molecular complexity index is 1180. The summed E-state index contributed by atoms with van der Waals surface area (Å²) >= 11 is 1.59. The van der Waals surface area contributed by atoms with Gasteiger partial charge in [0, 0.05) is 24.2 Å². The smallest absolute Gasteiger partial charge is 0.251 e. The molecule has 140 valence electrons. The number of nitrogens with one attached hydrogen (secondary N) is 2. The minimum absolute atomic E-state index is 0.139. The fourth-order valence-corrected chi connectivity index (χ4v) is 3.93. The first kappa shape index (κ1) is 18.1. The number of thiazole rings is 1. The van der Waals surface area contributed by atoms with Gasteiger partial charge in [-0.15, -0.1) is 11.3 Å². The van der Waals surface area contributed by atoms with E-state index in [1.807, 2.05) is 61.5 Å². The molecule has 0 atom stereocenters. The van der Waals surface area contributed by atoms with Gasteiger partial charge in [-0.05, 0) is 48.0 Å². The molecular formula is C22H19N3O2S. The van der Waals surface area contributed by atoms with Crippen LogP contribution in [-0.2, 0) is 4.79 Å². The van der Waals surface area contributed by atoms with Crippen molar-refractivity contribution in [2.75, 3.05) is 11.9 Å². The van der Waals surface area contributed by atoms with Crippen molar-refractivity contribution >= 4 is 49.8 Å². The average Bonchev–Trinajstić information content (AvgIpc) is 3.06. The molecule has 0 saturated heterocycles. The van der Waals surface area contributed by atoms with Gasteiger partial charge >= 0.3 is 0 Å². The minimum atomic E-state index is -0.180. The lowest BCUT2D eigenvalue weighted by Crippen LogP contribution is -2.27. The zero-order valence-corrected chi connectivity index (χ0v) is 16.2. The lowest BCUT2D eigenvalue weighted by atomic mass is 10.1. The Hall–Kier alpha value is -3.25. The van der Waals surface area contributed by atoms with Crippen molar-refractivity contribution < 1.29 is 9.59 Å². The molecule has 6 heteroatoms. The summed E-state index contributed by atoms with van der Waals surface area (Å²) in [6.07, 6.45) is 0.207. The monoisotopic (exact) mass is 389 g/mol. The third-order valence-electron chi connectivity index (χ3n) is 4.43. The van der Waals surface area contributed by atoms with E-state index in [4.69, 9.17) is 0 Å². The topological polar surface area (TPSA) is 71.1 Å². The Labute approximate surface area is 166 Å². The van der Waals surface area contributed by atoms with E-state index in [2.05, 4.69) is 15.6 Å². The van der Waals surface area contributed by atoms with Crippen molar-refractivity contribution in [1.29, 1.82) is 0 Å². The summed E-state index contributed by atoms with van der Waals surface area (Å²) in [5.74, 6) is -0.320. The van der Waals surface area contributed by atoms with Gasteiger partial charge in [0.1, 0.15) is 0 Å². The molecule has 4 aromatic rings. The fourth-order valence-electron chi connectivity index (χ4n) is 3.06. The van der Waals surface area contributed by atoms with Crippen LogP contribution in [0, 0.1) is 6.92 Å². The quantitative estimate of drug-likeness (QED) is 0.527. The summed E-state index contributed by atoms with van der Waals surface area (Å²) in [6, 6.07) is 19.1.